The van der Waals surface area contributed by atoms with Gasteiger partial charge in [0.1, 0.15) is 0 Å². The van der Waals surface area contributed by atoms with Gasteiger partial charge in [0.25, 0.3) is 0 Å². The van der Waals surface area contributed by atoms with Crippen molar-refractivity contribution >= 4 is 17.5 Å². The van der Waals surface area contributed by atoms with Crippen LogP contribution in [0.15, 0.2) is 18.2 Å². The Kier molecular flexibility index (Phi) is 2.44. The minimum absolute atomic E-state index is 0.0894. The monoisotopic (exact) mass is 249 g/mol. The summed E-state index contributed by atoms with van der Waals surface area (Å²) in [4.78, 5) is 11.5. The van der Waals surface area contributed by atoms with E-state index in [1.807, 2.05) is 6.07 Å². The molecule has 1 aromatic rings. The molecule has 3 heteroatoms. The topological polar surface area (TPSA) is 29.1 Å². The van der Waals surface area contributed by atoms with E-state index in [0.29, 0.717) is 6.42 Å². The summed E-state index contributed by atoms with van der Waals surface area (Å²) < 4.78 is 0. The van der Waals surface area contributed by atoms with E-state index in [-0.39, 0.29) is 17.4 Å². The number of hydrogen-bond acceptors (Lipinski definition) is 1. The van der Waals surface area contributed by atoms with Crippen LogP contribution in [0.25, 0.3) is 0 Å². The molecule has 1 aromatic carbocycles. The Morgan fingerprint density at radius 1 is 1.41 bits per heavy atom. The number of aryl methyl sites for hydroxylation is 1. The molecule has 0 aromatic heterocycles. The van der Waals surface area contributed by atoms with Crippen LogP contribution in [-0.2, 0) is 16.6 Å². The molecule has 0 radical (unpaired) electrons. The number of amides is 1. The van der Waals surface area contributed by atoms with E-state index in [9.17, 15) is 4.79 Å². The first-order valence-corrected chi connectivity index (χ1v) is 6.56. The standard InChI is InChI=1S/C14H16ClNO/c1-14-7-6-13(17)16-12(14)5-2-9-8-10(15)3-4-11(9)14/h3-4,8,12H,2,5-7H2,1H3,(H,16,17)/t12?,14-/m1/s1. The van der Waals surface area contributed by atoms with Crippen molar-refractivity contribution in [2.24, 2.45) is 0 Å². The molecule has 90 valence electrons. The third-order valence-corrected chi connectivity index (χ3v) is 4.60. The lowest BCUT2D eigenvalue weighted by atomic mass is 9.64. The zero-order valence-electron chi connectivity index (χ0n) is 9.92. The summed E-state index contributed by atoms with van der Waals surface area (Å²) in [5, 5.41) is 3.95. The molecule has 1 amide bonds. The summed E-state index contributed by atoms with van der Waals surface area (Å²) in [6.07, 6.45) is 3.61. The van der Waals surface area contributed by atoms with Crippen molar-refractivity contribution in [1.29, 1.82) is 0 Å². The van der Waals surface area contributed by atoms with Crippen molar-refractivity contribution in [2.75, 3.05) is 0 Å². The molecule has 1 N–H and O–H groups in total. The highest BCUT2D eigenvalue weighted by Crippen LogP contribution is 2.43. The van der Waals surface area contributed by atoms with E-state index in [1.165, 1.54) is 11.1 Å². The van der Waals surface area contributed by atoms with E-state index in [1.54, 1.807) is 0 Å². The minimum atomic E-state index is 0.0894. The maximum atomic E-state index is 11.5. The van der Waals surface area contributed by atoms with Crippen molar-refractivity contribution in [1.82, 2.24) is 5.32 Å². The van der Waals surface area contributed by atoms with Gasteiger partial charge < -0.3 is 5.32 Å². The van der Waals surface area contributed by atoms with E-state index < -0.39 is 0 Å². The second-order valence-electron chi connectivity index (χ2n) is 5.38. The number of halogens is 1. The maximum absolute atomic E-state index is 11.5. The summed E-state index contributed by atoms with van der Waals surface area (Å²) in [7, 11) is 0. The van der Waals surface area contributed by atoms with Crippen LogP contribution >= 0.6 is 11.6 Å². The Balaban J connectivity index is 2.07. The molecule has 0 saturated carbocycles. The highest BCUT2D eigenvalue weighted by molar-refractivity contribution is 6.30. The van der Waals surface area contributed by atoms with Gasteiger partial charge in [-0.25, -0.2) is 0 Å². The Bertz CT molecular complexity index is 485. The van der Waals surface area contributed by atoms with Gasteiger partial charge in [-0.05, 0) is 42.5 Å². The van der Waals surface area contributed by atoms with E-state index >= 15 is 0 Å². The molecule has 1 aliphatic heterocycles. The number of rotatable bonds is 0. The van der Waals surface area contributed by atoms with Crippen LogP contribution in [0.2, 0.25) is 5.02 Å². The molecule has 1 aliphatic carbocycles. The molecule has 1 heterocycles. The number of benzene rings is 1. The largest absolute Gasteiger partial charge is 0.352 e. The first-order valence-electron chi connectivity index (χ1n) is 6.18. The predicted molar refractivity (Wildman–Crippen MR) is 68.3 cm³/mol. The molecule has 17 heavy (non-hydrogen) atoms. The highest BCUT2D eigenvalue weighted by atomic mass is 35.5. The Labute approximate surface area is 106 Å². The van der Waals surface area contributed by atoms with Crippen LogP contribution in [0, 0.1) is 0 Å². The molecule has 2 nitrogen and oxygen atoms in total. The smallest absolute Gasteiger partial charge is 0.220 e. The third-order valence-electron chi connectivity index (χ3n) is 4.36. The fourth-order valence-corrected chi connectivity index (χ4v) is 3.51. The van der Waals surface area contributed by atoms with Crippen molar-refractivity contribution in [2.45, 2.75) is 44.1 Å². The SMILES string of the molecule is C[C@]12CCC(=O)NC1CCc1cc(Cl)ccc12. The molecule has 0 spiro atoms. The first-order chi connectivity index (χ1) is 8.09. The van der Waals surface area contributed by atoms with Crippen molar-refractivity contribution in [3.8, 4) is 0 Å². The van der Waals surface area contributed by atoms with Crippen LogP contribution in [-0.4, -0.2) is 11.9 Å². The third kappa shape index (κ3) is 1.66. The van der Waals surface area contributed by atoms with Crippen molar-refractivity contribution in [3.05, 3.63) is 34.3 Å². The van der Waals surface area contributed by atoms with Crippen LogP contribution < -0.4 is 5.32 Å². The number of nitrogens with one attached hydrogen (secondary N) is 1. The van der Waals surface area contributed by atoms with E-state index in [4.69, 9.17) is 11.6 Å². The molecular weight excluding hydrogens is 234 g/mol. The molecule has 2 atom stereocenters. The highest BCUT2D eigenvalue weighted by Gasteiger charge is 2.43. The number of hydrogen-bond donors (Lipinski definition) is 1. The molecule has 0 bridgehead atoms. The number of carbonyl (C=O) groups excluding carboxylic acids is 1. The second-order valence-corrected chi connectivity index (χ2v) is 5.81. The summed E-state index contributed by atoms with van der Waals surface area (Å²) in [5.41, 5.74) is 2.82. The number of carbonyl (C=O) groups is 1. The lowest BCUT2D eigenvalue weighted by Crippen LogP contribution is -2.55. The minimum Gasteiger partial charge on any atom is -0.352 e. The molecule has 1 saturated heterocycles. The molecule has 1 unspecified atom stereocenters. The van der Waals surface area contributed by atoms with Gasteiger partial charge in [0.2, 0.25) is 5.91 Å². The van der Waals surface area contributed by atoms with E-state index in [0.717, 1.165) is 24.3 Å². The van der Waals surface area contributed by atoms with Gasteiger partial charge >= 0.3 is 0 Å². The molecule has 3 rings (SSSR count). The molecular formula is C14H16ClNO. The zero-order valence-corrected chi connectivity index (χ0v) is 10.7. The first kappa shape index (κ1) is 11.1. The van der Waals surface area contributed by atoms with Crippen LogP contribution in [0.5, 0.6) is 0 Å². The van der Waals surface area contributed by atoms with Crippen LogP contribution in [0.1, 0.15) is 37.3 Å². The average molecular weight is 250 g/mol. The quantitative estimate of drug-likeness (QED) is 0.753. The van der Waals surface area contributed by atoms with E-state index in [2.05, 4.69) is 24.4 Å². The Morgan fingerprint density at radius 2 is 2.24 bits per heavy atom. The van der Waals surface area contributed by atoms with Crippen molar-refractivity contribution in [3.63, 3.8) is 0 Å². The summed E-state index contributed by atoms with van der Waals surface area (Å²) in [6, 6.07) is 6.47. The van der Waals surface area contributed by atoms with Gasteiger partial charge in [0.15, 0.2) is 0 Å². The van der Waals surface area contributed by atoms with Crippen molar-refractivity contribution < 1.29 is 4.79 Å². The number of piperidine rings is 1. The van der Waals surface area contributed by atoms with Gasteiger partial charge in [0.05, 0.1) is 0 Å². The van der Waals surface area contributed by atoms with Gasteiger partial charge in [-0.15, -0.1) is 0 Å². The Morgan fingerprint density at radius 3 is 3.06 bits per heavy atom. The fraction of sp³-hybridized carbons (Fsp3) is 0.500. The number of fused-ring (bicyclic) bond motifs is 3. The summed E-state index contributed by atoms with van der Waals surface area (Å²) in [5.74, 6) is 0.199. The molecule has 2 aliphatic rings. The van der Waals surface area contributed by atoms with Gasteiger partial charge in [-0.3, -0.25) is 4.79 Å². The Hall–Kier alpha value is -1.02. The van der Waals surface area contributed by atoms with Crippen LogP contribution in [0.3, 0.4) is 0 Å². The lowest BCUT2D eigenvalue weighted by molar-refractivity contribution is -0.125. The van der Waals surface area contributed by atoms with Gasteiger partial charge in [0, 0.05) is 22.9 Å². The molecule has 1 fully saturated rings. The fourth-order valence-electron chi connectivity index (χ4n) is 3.31. The van der Waals surface area contributed by atoms with Crippen LogP contribution in [0.4, 0.5) is 0 Å². The predicted octanol–water partition coefficient (Wildman–Crippen LogP) is 2.82. The summed E-state index contributed by atoms with van der Waals surface area (Å²) >= 11 is 6.05. The second kappa shape index (κ2) is 3.74. The zero-order chi connectivity index (χ0) is 12.0. The summed E-state index contributed by atoms with van der Waals surface area (Å²) in [6.45, 7) is 2.27. The normalized spacial score (nSPS) is 31.4. The maximum Gasteiger partial charge on any atom is 0.220 e. The van der Waals surface area contributed by atoms with Gasteiger partial charge in [-0.1, -0.05) is 24.6 Å². The average Bonchev–Trinajstić information content (AvgIpc) is 2.30. The lowest BCUT2D eigenvalue weighted by Gasteiger charge is -2.46. The van der Waals surface area contributed by atoms with Gasteiger partial charge in [-0.2, -0.15) is 0 Å².